The molecule has 0 aliphatic rings. The van der Waals surface area contributed by atoms with Gasteiger partial charge >= 0.3 is 0 Å². The fraction of sp³-hybridized carbons (Fsp3) is 0.524. The molecule has 0 unspecified atom stereocenters. The Balaban J connectivity index is 0.00000364. The van der Waals surface area contributed by atoms with Crippen LogP contribution in [0.3, 0.4) is 0 Å². The predicted octanol–water partition coefficient (Wildman–Crippen LogP) is 3.68. The summed E-state index contributed by atoms with van der Waals surface area (Å²) in [5.41, 5.74) is 4.20. The molecule has 0 aliphatic heterocycles. The van der Waals surface area contributed by atoms with Gasteiger partial charge in [-0.25, -0.2) is 0 Å². The van der Waals surface area contributed by atoms with Gasteiger partial charge in [0.2, 0.25) is 0 Å². The van der Waals surface area contributed by atoms with Gasteiger partial charge < -0.3 is 10.6 Å². The molecule has 1 aromatic carbocycles. The van der Waals surface area contributed by atoms with Crippen molar-refractivity contribution in [2.24, 2.45) is 12.0 Å². The molecule has 0 saturated carbocycles. The predicted molar refractivity (Wildman–Crippen MR) is 125 cm³/mol. The van der Waals surface area contributed by atoms with E-state index in [-0.39, 0.29) is 29.4 Å². The molecule has 2 N–H and O–H groups in total. The summed E-state index contributed by atoms with van der Waals surface area (Å²) in [5, 5.41) is 11.0. The van der Waals surface area contributed by atoms with E-state index in [4.69, 9.17) is 0 Å². The smallest absolute Gasteiger partial charge is 0.190 e. The fourth-order valence-corrected chi connectivity index (χ4v) is 2.82. The van der Waals surface area contributed by atoms with Gasteiger partial charge in [0.15, 0.2) is 5.96 Å². The van der Waals surface area contributed by atoms with Crippen LogP contribution in [0, 0.1) is 0 Å². The number of benzene rings is 1. The van der Waals surface area contributed by atoms with E-state index in [0.29, 0.717) is 0 Å². The van der Waals surface area contributed by atoms with Crippen molar-refractivity contribution >= 4 is 29.9 Å². The maximum atomic E-state index is 4.29. The second-order valence-electron chi connectivity index (χ2n) is 7.75. The molecule has 2 rings (SSSR count). The average Bonchev–Trinajstić information content (AvgIpc) is 3.02. The molecule has 0 fully saturated rings. The minimum absolute atomic E-state index is 0. The van der Waals surface area contributed by atoms with Gasteiger partial charge in [0.1, 0.15) is 0 Å². The van der Waals surface area contributed by atoms with Crippen molar-refractivity contribution in [1.29, 1.82) is 0 Å². The van der Waals surface area contributed by atoms with Crippen molar-refractivity contribution in [3.8, 4) is 0 Å². The van der Waals surface area contributed by atoms with E-state index < -0.39 is 0 Å². The number of nitrogens with zero attached hydrogens (tertiary/aromatic N) is 3. The van der Waals surface area contributed by atoms with Crippen molar-refractivity contribution < 1.29 is 0 Å². The van der Waals surface area contributed by atoms with Crippen LogP contribution in [0.2, 0.25) is 0 Å². The third-order valence-electron chi connectivity index (χ3n) is 4.44. The standard InChI is InChI=1S/C21H33N5.HI/c1-21(2,3)19-10-8-17(9-11-19)12-14-24-20(22-4)23-13-6-7-18-15-25-26(5)16-18;/h8-11,15-16H,6-7,12-14H2,1-5H3,(H2,22,23,24);1H. The van der Waals surface area contributed by atoms with E-state index in [0.717, 1.165) is 38.3 Å². The second-order valence-corrected chi connectivity index (χ2v) is 7.75. The van der Waals surface area contributed by atoms with Gasteiger partial charge in [-0.05, 0) is 41.4 Å². The summed E-state index contributed by atoms with van der Waals surface area (Å²) in [6.45, 7) is 8.50. The van der Waals surface area contributed by atoms with Crippen LogP contribution in [0.25, 0.3) is 0 Å². The molecule has 1 heterocycles. The van der Waals surface area contributed by atoms with Crippen molar-refractivity contribution in [3.05, 3.63) is 53.3 Å². The summed E-state index contributed by atoms with van der Waals surface area (Å²) in [6.07, 6.45) is 7.06. The minimum Gasteiger partial charge on any atom is -0.356 e. The number of aryl methyl sites for hydroxylation is 2. The monoisotopic (exact) mass is 483 g/mol. The average molecular weight is 483 g/mol. The second kappa shape index (κ2) is 11.3. The zero-order chi connectivity index (χ0) is 19.0. The molecular weight excluding hydrogens is 449 g/mol. The van der Waals surface area contributed by atoms with Gasteiger partial charge in [-0.1, -0.05) is 45.0 Å². The van der Waals surface area contributed by atoms with Gasteiger partial charge in [-0.2, -0.15) is 5.10 Å². The van der Waals surface area contributed by atoms with Crippen LogP contribution in [0.5, 0.6) is 0 Å². The number of guanidine groups is 1. The third-order valence-corrected chi connectivity index (χ3v) is 4.44. The van der Waals surface area contributed by atoms with Gasteiger partial charge in [-0.15, -0.1) is 24.0 Å². The lowest BCUT2D eigenvalue weighted by atomic mass is 9.86. The Morgan fingerprint density at radius 1 is 1.04 bits per heavy atom. The molecule has 0 saturated heterocycles. The highest BCUT2D eigenvalue weighted by atomic mass is 127. The quantitative estimate of drug-likeness (QED) is 0.274. The minimum atomic E-state index is 0. The molecule has 1 aromatic heterocycles. The zero-order valence-electron chi connectivity index (χ0n) is 17.2. The number of nitrogens with one attached hydrogen (secondary N) is 2. The Kier molecular flexibility index (Phi) is 9.83. The Morgan fingerprint density at radius 3 is 2.26 bits per heavy atom. The Morgan fingerprint density at radius 2 is 1.70 bits per heavy atom. The molecule has 0 spiro atoms. The van der Waals surface area contributed by atoms with Crippen LogP contribution in [0.15, 0.2) is 41.7 Å². The van der Waals surface area contributed by atoms with E-state index in [1.165, 1.54) is 16.7 Å². The maximum Gasteiger partial charge on any atom is 0.190 e. The summed E-state index contributed by atoms with van der Waals surface area (Å²) in [5.74, 6) is 0.863. The van der Waals surface area contributed by atoms with Crippen LogP contribution >= 0.6 is 24.0 Å². The highest BCUT2D eigenvalue weighted by Crippen LogP contribution is 2.22. The molecule has 0 radical (unpaired) electrons. The SMILES string of the molecule is CN=C(NCCCc1cnn(C)c1)NCCc1ccc(C(C)(C)C)cc1.I. The van der Waals surface area contributed by atoms with Crippen LogP contribution < -0.4 is 10.6 Å². The van der Waals surface area contributed by atoms with Crippen molar-refractivity contribution in [3.63, 3.8) is 0 Å². The van der Waals surface area contributed by atoms with E-state index in [1.807, 2.05) is 25.0 Å². The molecule has 0 atom stereocenters. The first-order valence-electron chi connectivity index (χ1n) is 9.40. The summed E-state index contributed by atoms with van der Waals surface area (Å²) in [6, 6.07) is 8.93. The van der Waals surface area contributed by atoms with Crippen molar-refractivity contribution in [1.82, 2.24) is 20.4 Å². The van der Waals surface area contributed by atoms with Crippen LogP contribution in [-0.2, 0) is 25.3 Å². The van der Waals surface area contributed by atoms with E-state index >= 15 is 0 Å². The molecule has 5 nitrogen and oxygen atoms in total. The number of aliphatic imine (C=N–C) groups is 1. The normalized spacial score (nSPS) is 11.8. The topological polar surface area (TPSA) is 54.2 Å². The molecule has 150 valence electrons. The molecule has 2 aromatic rings. The Labute approximate surface area is 181 Å². The fourth-order valence-electron chi connectivity index (χ4n) is 2.82. The molecule has 0 amide bonds. The molecular formula is C21H34IN5. The van der Waals surface area contributed by atoms with E-state index in [9.17, 15) is 0 Å². The lowest BCUT2D eigenvalue weighted by Gasteiger charge is -2.19. The van der Waals surface area contributed by atoms with E-state index in [2.05, 4.69) is 72.0 Å². The number of aromatic nitrogens is 2. The lowest BCUT2D eigenvalue weighted by Crippen LogP contribution is -2.38. The Bertz CT molecular complexity index is 698. The summed E-state index contributed by atoms with van der Waals surface area (Å²) in [4.78, 5) is 4.29. The Hall–Kier alpha value is -1.57. The third kappa shape index (κ3) is 8.32. The summed E-state index contributed by atoms with van der Waals surface area (Å²) >= 11 is 0. The van der Waals surface area contributed by atoms with E-state index in [1.54, 1.807) is 0 Å². The number of rotatable bonds is 7. The van der Waals surface area contributed by atoms with Crippen molar-refractivity contribution in [2.45, 2.75) is 45.4 Å². The van der Waals surface area contributed by atoms with Crippen LogP contribution in [0.1, 0.15) is 43.9 Å². The highest BCUT2D eigenvalue weighted by molar-refractivity contribution is 14.0. The van der Waals surface area contributed by atoms with Crippen LogP contribution in [-0.4, -0.2) is 35.9 Å². The lowest BCUT2D eigenvalue weighted by molar-refractivity contribution is 0.590. The first-order valence-corrected chi connectivity index (χ1v) is 9.40. The maximum absolute atomic E-state index is 4.29. The first kappa shape index (κ1) is 23.5. The van der Waals surface area contributed by atoms with Crippen LogP contribution in [0.4, 0.5) is 0 Å². The van der Waals surface area contributed by atoms with Gasteiger partial charge in [0.25, 0.3) is 0 Å². The molecule has 27 heavy (non-hydrogen) atoms. The first-order chi connectivity index (χ1) is 12.4. The molecule has 0 aliphatic carbocycles. The molecule has 6 heteroatoms. The van der Waals surface area contributed by atoms with Crippen molar-refractivity contribution in [2.75, 3.05) is 20.1 Å². The molecule has 0 bridgehead atoms. The largest absolute Gasteiger partial charge is 0.356 e. The zero-order valence-corrected chi connectivity index (χ0v) is 19.6. The van der Waals surface area contributed by atoms with Gasteiger partial charge in [0, 0.05) is 33.4 Å². The van der Waals surface area contributed by atoms with Gasteiger partial charge in [0.05, 0.1) is 6.20 Å². The number of halogens is 1. The number of hydrogen-bond donors (Lipinski definition) is 2. The summed E-state index contributed by atoms with van der Waals surface area (Å²) in [7, 11) is 3.76. The number of hydrogen-bond acceptors (Lipinski definition) is 2. The summed E-state index contributed by atoms with van der Waals surface area (Å²) < 4.78 is 1.84. The highest BCUT2D eigenvalue weighted by Gasteiger charge is 2.12. The van der Waals surface area contributed by atoms with Gasteiger partial charge in [-0.3, -0.25) is 9.67 Å².